The Balaban J connectivity index is 1.70. The summed E-state index contributed by atoms with van der Waals surface area (Å²) in [6.07, 6.45) is 0. The molecule has 142 valence electrons. The third kappa shape index (κ3) is 6.88. The highest BCUT2D eigenvalue weighted by Gasteiger charge is 2.12. The second-order valence-corrected chi connectivity index (χ2v) is 6.33. The SMILES string of the molecule is O=C(CNC(=O)CNC(=O)c1ccc(Cl)cc1Cl)NCc1ccc(F)cc1. The van der Waals surface area contributed by atoms with Crippen LogP contribution in [0.2, 0.25) is 10.0 Å². The first-order valence-corrected chi connectivity index (χ1v) is 8.62. The molecule has 0 unspecified atom stereocenters. The van der Waals surface area contributed by atoms with E-state index in [0.29, 0.717) is 5.02 Å². The van der Waals surface area contributed by atoms with Crippen LogP contribution in [-0.4, -0.2) is 30.8 Å². The summed E-state index contributed by atoms with van der Waals surface area (Å²) in [5, 5.41) is 7.92. The summed E-state index contributed by atoms with van der Waals surface area (Å²) < 4.78 is 12.8. The zero-order valence-corrected chi connectivity index (χ0v) is 15.5. The third-order valence-electron chi connectivity index (χ3n) is 3.43. The Hall–Kier alpha value is -2.64. The number of hydrogen-bond donors (Lipinski definition) is 3. The van der Waals surface area contributed by atoms with E-state index >= 15 is 0 Å². The van der Waals surface area contributed by atoms with E-state index in [1.54, 1.807) is 12.1 Å². The molecule has 3 N–H and O–H groups in total. The molecule has 3 amide bonds. The second-order valence-electron chi connectivity index (χ2n) is 5.49. The van der Waals surface area contributed by atoms with E-state index in [9.17, 15) is 18.8 Å². The molecular formula is C18H16Cl2FN3O3. The van der Waals surface area contributed by atoms with Crippen LogP contribution in [0, 0.1) is 5.82 Å². The van der Waals surface area contributed by atoms with Crippen molar-refractivity contribution < 1.29 is 18.8 Å². The van der Waals surface area contributed by atoms with Crippen molar-refractivity contribution in [3.8, 4) is 0 Å². The number of hydrogen-bond acceptors (Lipinski definition) is 3. The lowest BCUT2D eigenvalue weighted by Gasteiger charge is -2.09. The second kappa shape index (κ2) is 9.89. The smallest absolute Gasteiger partial charge is 0.253 e. The lowest BCUT2D eigenvalue weighted by atomic mass is 10.2. The maximum atomic E-state index is 12.8. The highest BCUT2D eigenvalue weighted by Crippen LogP contribution is 2.20. The summed E-state index contributed by atoms with van der Waals surface area (Å²) in [5.41, 5.74) is 0.911. The molecule has 0 saturated heterocycles. The van der Waals surface area contributed by atoms with Gasteiger partial charge in [0.15, 0.2) is 0 Å². The van der Waals surface area contributed by atoms with Crippen molar-refractivity contribution in [2.75, 3.05) is 13.1 Å². The van der Waals surface area contributed by atoms with Crippen molar-refractivity contribution in [1.29, 1.82) is 0 Å². The standard InChI is InChI=1S/C18H16Cl2FN3O3/c19-12-3-6-14(15(20)7-12)18(27)24-10-17(26)23-9-16(25)22-8-11-1-4-13(21)5-2-11/h1-7H,8-10H2,(H,22,25)(H,23,26)(H,24,27). The Bertz CT molecular complexity index is 844. The Morgan fingerprint density at radius 2 is 1.48 bits per heavy atom. The molecule has 2 aromatic carbocycles. The van der Waals surface area contributed by atoms with Gasteiger partial charge in [-0.2, -0.15) is 0 Å². The number of carbonyl (C=O) groups excluding carboxylic acids is 3. The predicted octanol–water partition coefficient (Wildman–Crippen LogP) is 2.29. The maximum Gasteiger partial charge on any atom is 0.253 e. The maximum absolute atomic E-state index is 12.8. The number of carbonyl (C=O) groups is 3. The van der Waals surface area contributed by atoms with Crippen LogP contribution in [0.4, 0.5) is 4.39 Å². The average Bonchev–Trinajstić information content (AvgIpc) is 2.64. The number of benzene rings is 2. The molecule has 0 heterocycles. The van der Waals surface area contributed by atoms with Crippen LogP contribution < -0.4 is 16.0 Å². The van der Waals surface area contributed by atoms with Crippen molar-refractivity contribution in [2.24, 2.45) is 0 Å². The monoisotopic (exact) mass is 411 g/mol. The van der Waals surface area contributed by atoms with Gasteiger partial charge in [0.1, 0.15) is 5.82 Å². The number of amides is 3. The van der Waals surface area contributed by atoms with Gasteiger partial charge in [-0.3, -0.25) is 14.4 Å². The van der Waals surface area contributed by atoms with Gasteiger partial charge in [0.2, 0.25) is 11.8 Å². The van der Waals surface area contributed by atoms with Crippen LogP contribution in [0.25, 0.3) is 0 Å². The summed E-state index contributed by atoms with van der Waals surface area (Å²) in [7, 11) is 0. The van der Waals surface area contributed by atoms with Gasteiger partial charge in [-0.1, -0.05) is 35.3 Å². The molecule has 2 rings (SSSR count). The molecule has 9 heteroatoms. The normalized spacial score (nSPS) is 10.2. The van der Waals surface area contributed by atoms with Gasteiger partial charge in [-0.05, 0) is 35.9 Å². The zero-order chi connectivity index (χ0) is 19.8. The highest BCUT2D eigenvalue weighted by atomic mass is 35.5. The van der Waals surface area contributed by atoms with Crippen molar-refractivity contribution in [1.82, 2.24) is 16.0 Å². The molecule has 0 atom stereocenters. The molecule has 0 fully saturated rings. The summed E-state index contributed by atoms with van der Waals surface area (Å²) in [5.74, 6) is -1.85. The number of halogens is 3. The first-order chi connectivity index (χ1) is 12.8. The molecule has 0 aliphatic heterocycles. The molecule has 0 aromatic heterocycles. The van der Waals surface area contributed by atoms with Crippen LogP contribution in [0.1, 0.15) is 15.9 Å². The molecule has 0 saturated carbocycles. The number of rotatable bonds is 7. The van der Waals surface area contributed by atoms with E-state index < -0.39 is 17.7 Å². The largest absolute Gasteiger partial charge is 0.350 e. The Kier molecular flexibility index (Phi) is 7.57. The van der Waals surface area contributed by atoms with E-state index in [-0.39, 0.29) is 36.0 Å². The van der Waals surface area contributed by atoms with Crippen molar-refractivity contribution >= 4 is 40.9 Å². The first-order valence-electron chi connectivity index (χ1n) is 7.86. The Morgan fingerprint density at radius 3 is 2.15 bits per heavy atom. The predicted molar refractivity (Wildman–Crippen MR) is 100 cm³/mol. The van der Waals surface area contributed by atoms with Crippen LogP contribution in [-0.2, 0) is 16.1 Å². The molecule has 0 radical (unpaired) electrons. The van der Waals surface area contributed by atoms with E-state index in [2.05, 4.69) is 16.0 Å². The average molecular weight is 412 g/mol. The molecule has 6 nitrogen and oxygen atoms in total. The van der Waals surface area contributed by atoms with Crippen LogP contribution in [0.3, 0.4) is 0 Å². The van der Waals surface area contributed by atoms with E-state index in [4.69, 9.17) is 23.2 Å². The van der Waals surface area contributed by atoms with Gasteiger partial charge in [0, 0.05) is 11.6 Å². The minimum Gasteiger partial charge on any atom is -0.350 e. The summed E-state index contributed by atoms with van der Waals surface area (Å²) in [6, 6.07) is 10.0. The van der Waals surface area contributed by atoms with Gasteiger partial charge >= 0.3 is 0 Å². The van der Waals surface area contributed by atoms with Crippen LogP contribution >= 0.6 is 23.2 Å². The fourth-order valence-electron chi connectivity index (χ4n) is 2.04. The van der Waals surface area contributed by atoms with Crippen LogP contribution in [0.5, 0.6) is 0 Å². The summed E-state index contributed by atoms with van der Waals surface area (Å²) in [6.45, 7) is -0.360. The van der Waals surface area contributed by atoms with Gasteiger partial charge in [0.05, 0.1) is 23.7 Å². The number of nitrogens with one attached hydrogen (secondary N) is 3. The fraction of sp³-hybridized carbons (Fsp3) is 0.167. The molecule has 0 spiro atoms. The lowest BCUT2D eigenvalue weighted by molar-refractivity contribution is -0.125. The van der Waals surface area contributed by atoms with Crippen LogP contribution in [0.15, 0.2) is 42.5 Å². The highest BCUT2D eigenvalue weighted by molar-refractivity contribution is 6.36. The topological polar surface area (TPSA) is 87.3 Å². The quantitative estimate of drug-likeness (QED) is 0.652. The van der Waals surface area contributed by atoms with Crippen molar-refractivity contribution in [3.05, 3.63) is 69.5 Å². The minimum absolute atomic E-state index is 0.167. The first kappa shape index (κ1) is 20.7. The molecule has 0 aliphatic carbocycles. The summed E-state index contributed by atoms with van der Waals surface area (Å²) in [4.78, 5) is 35.4. The third-order valence-corrected chi connectivity index (χ3v) is 3.98. The van der Waals surface area contributed by atoms with Gasteiger partial charge in [-0.15, -0.1) is 0 Å². The van der Waals surface area contributed by atoms with E-state index in [0.717, 1.165) is 5.56 Å². The van der Waals surface area contributed by atoms with Crippen molar-refractivity contribution in [3.63, 3.8) is 0 Å². The Labute approximate surface area is 165 Å². The molecular weight excluding hydrogens is 396 g/mol. The lowest BCUT2D eigenvalue weighted by Crippen LogP contribution is -2.41. The molecule has 0 aliphatic rings. The molecule has 27 heavy (non-hydrogen) atoms. The fourth-order valence-corrected chi connectivity index (χ4v) is 2.53. The molecule has 0 bridgehead atoms. The minimum atomic E-state index is -0.537. The van der Waals surface area contributed by atoms with Gasteiger partial charge in [0.25, 0.3) is 5.91 Å². The molecule has 2 aromatic rings. The van der Waals surface area contributed by atoms with Gasteiger partial charge < -0.3 is 16.0 Å². The van der Waals surface area contributed by atoms with Crippen molar-refractivity contribution in [2.45, 2.75) is 6.54 Å². The Morgan fingerprint density at radius 1 is 0.852 bits per heavy atom. The zero-order valence-electron chi connectivity index (χ0n) is 14.0. The van der Waals surface area contributed by atoms with E-state index in [1.807, 2.05) is 0 Å². The summed E-state index contributed by atoms with van der Waals surface area (Å²) >= 11 is 11.7. The van der Waals surface area contributed by atoms with E-state index in [1.165, 1.54) is 30.3 Å². The van der Waals surface area contributed by atoms with Gasteiger partial charge in [-0.25, -0.2) is 4.39 Å².